The van der Waals surface area contributed by atoms with E-state index in [2.05, 4.69) is 4.98 Å². The van der Waals surface area contributed by atoms with Gasteiger partial charge in [0.1, 0.15) is 0 Å². The summed E-state index contributed by atoms with van der Waals surface area (Å²) < 4.78 is 0. The summed E-state index contributed by atoms with van der Waals surface area (Å²) in [6, 6.07) is 7.35. The van der Waals surface area contributed by atoms with Gasteiger partial charge in [-0.15, -0.1) is 11.3 Å². The van der Waals surface area contributed by atoms with E-state index in [4.69, 9.17) is 5.73 Å². The van der Waals surface area contributed by atoms with Crippen molar-refractivity contribution in [2.24, 2.45) is 5.73 Å². The molecule has 0 atom stereocenters. The minimum Gasteiger partial charge on any atom is -0.366 e. The molecule has 1 aromatic carbocycles. The molecule has 0 bridgehead atoms. The number of aromatic nitrogens is 1. The minimum absolute atomic E-state index is 0.387. The SMILES string of the molecule is NC(=O)c1ccccc1Cc1nccs1. The Kier molecular flexibility index (Phi) is 2.78. The Hall–Kier alpha value is -1.68. The highest BCUT2D eigenvalue weighted by molar-refractivity contribution is 7.09. The van der Waals surface area contributed by atoms with E-state index in [-0.39, 0.29) is 5.91 Å². The Morgan fingerprint density at radius 1 is 1.40 bits per heavy atom. The van der Waals surface area contributed by atoms with Gasteiger partial charge in [0.25, 0.3) is 0 Å². The second kappa shape index (κ2) is 4.23. The van der Waals surface area contributed by atoms with Crippen LogP contribution in [0.2, 0.25) is 0 Å². The van der Waals surface area contributed by atoms with E-state index in [9.17, 15) is 4.79 Å². The number of primary amides is 1. The fourth-order valence-electron chi connectivity index (χ4n) is 1.42. The summed E-state index contributed by atoms with van der Waals surface area (Å²) in [7, 11) is 0. The molecule has 2 rings (SSSR count). The fourth-order valence-corrected chi connectivity index (χ4v) is 2.06. The van der Waals surface area contributed by atoms with E-state index >= 15 is 0 Å². The van der Waals surface area contributed by atoms with Crippen molar-refractivity contribution in [2.75, 3.05) is 0 Å². The second-order valence-electron chi connectivity index (χ2n) is 3.12. The van der Waals surface area contributed by atoms with Gasteiger partial charge in [0.15, 0.2) is 0 Å². The highest BCUT2D eigenvalue weighted by atomic mass is 32.1. The van der Waals surface area contributed by atoms with E-state index in [1.807, 2.05) is 23.6 Å². The van der Waals surface area contributed by atoms with E-state index in [1.165, 1.54) is 0 Å². The Morgan fingerprint density at radius 3 is 2.87 bits per heavy atom. The van der Waals surface area contributed by atoms with Crippen LogP contribution in [0.15, 0.2) is 35.8 Å². The molecule has 1 aromatic heterocycles. The van der Waals surface area contributed by atoms with Crippen LogP contribution in [0, 0.1) is 0 Å². The number of carbonyl (C=O) groups excluding carboxylic acids is 1. The van der Waals surface area contributed by atoms with Crippen LogP contribution in [0.3, 0.4) is 0 Å². The van der Waals surface area contributed by atoms with Crippen LogP contribution in [0.25, 0.3) is 0 Å². The van der Waals surface area contributed by atoms with Gasteiger partial charge in [-0.3, -0.25) is 4.79 Å². The predicted octanol–water partition coefficient (Wildman–Crippen LogP) is 1.83. The van der Waals surface area contributed by atoms with E-state index in [0.29, 0.717) is 12.0 Å². The Morgan fingerprint density at radius 2 is 2.20 bits per heavy atom. The van der Waals surface area contributed by atoms with Crippen LogP contribution in [-0.4, -0.2) is 10.9 Å². The Balaban J connectivity index is 2.32. The van der Waals surface area contributed by atoms with Crippen LogP contribution in [0.1, 0.15) is 20.9 Å². The summed E-state index contributed by atoms with van der Waals surface area (Å²) in [4.78, 5) is 15.3. The monoisotopic (exact) mass is 218 g/mol. The summed E-state index contributed by atoms with van der Waals surface area (Å²) in [5, 5.41) is 2.91. The fraction of sp³-hybridized carbons (Fsp3) is 0.0909. The highest BCUT2D eigenvalue weighted by Gasteiger charge is 2.08. The number of carbonyl (C=O) groups is 1. The number of nitrogens with zero attached hydrogens (tertiary/aromatic N) is 1. The van der Waals surface area contributed by atoms with E-state index < -0.39 is 0 Å². The van der Waals surface area contributed by atoms with Gasteiger partial charge in [-0.1, -0.05) is 18.2 Å². The van der Waals surface area contributed by atoms with Crippen LogP contribution >= 0.6 is 11.3 Å². The summed E-state index contributed by atoms with van der Waals surface area (Å²) in [5.41, 5.74) is 6.79. The number of thiazole rings is 1. The number of rotatable bonds is 3. The average molecular weight is 218 g/mol. The van der Waals surface area contributed by atoms with Gasteiger partial charge in [0, 0.05) is 23.6 Å². The third kappa shape index (κ3) is 2.22. The molecule has 0 fully saturated rings. The molecule has 2 N–H and O–H groups in total. The molecular formula is C11H10N2OS. The lowest BCUT2D eigenvalue weighted by Crippen LogP contribution is -2.13. The zero-order valence-corrected chi connectivity index (χ0v) is 8.83. The number of nitrogens with two attached hydrogens (primary N) is 1. The summed E-state index contributed by atoms with van der Waals surface area (Å²) in [6.07, 6.45) is 2.42. The standard InChI is InChI=1S/C11H10N2OS/c12-11(14)9-4-2-1-3-8(9)7-10-13-5-6-15-10/h1-6H,7H2,(H2,12,14). The van der Waals surface area contributed by atoms with Gasteiger partial charge in [0.05, 0.1) is 5.01 Å². The van der Waals surface area contributed by atoms with E-state index in [0.717, 1.165) is 10.6 Å². The van der Waals surface area contributed by atoms with Crippen molar-refractivity contribution in [3.63, 3.8) is 0 Å². The lowest BCUT2D eigenvalue weighted by Gasteiger charge is -2.03. The quantitative estimate of drug-likeness (QED) is 0.854. The molecule has 1 heterocycles. The molecule has 0 saturated heterocycles. The van der Waals surface area contributed by atoms with Crippen molar-refractivity contribution in [2.45, 2.75) is 6.42 Å². The molecule has 3 nitrogen and oxygen atoms in total. The van der Waals surface area contributed by atoms with Gasteiger partial charge in [-0.25, -0.2) is 4.98 Å². The molecule has 15 heavy (non-hydrogen) atoms. The Bertz CT molecular complexity index is 465. The number of hydrogen-bond acceptors (Lipinski definition) is 3. The molecule has 0 aliphatic rings. The van der Waals surface area contributed by atoms with E-state index in [1.54, 1.807) is 23.6 Å². The van der Waals surface area contributed by atoms with Crippen molar-refractivity contribution < 1.29 is 4.79 Å². The number of benzene rings is 1. The van der Waals surface area contributed by atoms with Gasteiger partial charge >= 0.3 is 0 Å². The summed E-state index contributed by atoms with van der Waals surface area (Å²) in [5.74, 6) is -0.387. The molecule has 0 saturated carbocycles. The first-order chi connectivity index (χ1) is 7.27. The van der Waals surface area contributed by atoms with Crippen molar-refractivity contribution in [1.29, 1.82) is 0 Å². The minimum atomic E-state index is -0.387. The highest BCUT2D eigenvalue weighted by Crippen LogP contribution is 2.15. The van der Waals surface area contributed by atoms with Crippen molar-refractivity contribution in [3.05, 3.63) is 52.0 Å². The maximum atomic E-state index is 11.2. The van der Waals surface area contributed by atoms with Gasteiger partial charge in [-0.05, 0) is 11.6 Å². The first-order valence-electron chi connectivity index (χ1n) is 4.53. The molecule has 1 amide bonds. The van der Waals surface area contributed by atoms with Crippen molar-refractivity contribution in [3.8, 4) is 0 Å². The maximum absolute atomic E-state index is 11.2. The molecule has 0 aliphatic heterocycles. The molecule has 4 heteroatoms. The topological polar surface area (TPSA) is 56.0 Å². The molecule has 0 unspecified atom stereocenters. The zero-order valence-electron chi connectivity index (χ0n) is 8.01. The van der Waals surface area contributed by atoms with Gasteiger partial charge in [-0.2, -0.15) is 0 Å². The van der Waals surface area contributed by atoms with Crippen LogP contribution in [-0.2, 0) is 6.42 Å². The van der Waals surface area contributed by atoms with Crippen molar-refractivity contribution in [1.82, 2.24) is 4.98 Å². The number of hydrogen-bond donors (Lipinski definition) is 1. The third-order valence-corrected chi connectivity index (χ3v) is 2.89. The largest absolute Gasteiger partial charge is 0.366 e. The first kappa shape index (κ1) is 9.86. The van der Waals surface area contributed by atoms with Crippen LogP contribution in [0.5, 0.6) is 0 Å². The molecule has 0 radical (unpaired) electrons. The molecular weight excluding hydrogens is 208 g/mol. The van der Waals surface area contributed by atoms with Crippen molar-refractivity contribution >= 4 is 17.2 Å². The predicted molar refractivity (Wildman–Crippen MR) is 59.9 cm³/mol. The Labute approximate surface area is 91.6 Å². The smallest absolute Gasteiger partial charge is 0.248 e. The normalized spacial score (nSPS) is 10.1. The summed E-state index contributed by atoms with van der Waals surface area (Å²) in [6.45, 7) is 0. The molecule has 2 aromatic rings. The maximum Gasteiger partial charge on any atom is 0.248 e. The second-order valence-corrected chi connectivity index (χ2v) is 4.10. The molecule has 0 spiro atoms. The third-order valence-electron chi connectivity index (χ3n) is 2.11. The molecule has 76 valence electrons. The van der Waals surface area contributed by atoms with Gasteiger partial charge in [0.2, 0.25) is 5.91 Å². The molecule has 0 aliphatic carbocycles. The average Bonchev–Trinajstić information content (AvgIpc) is 2.71. The van der Waals surface area contributed by atoms with Crippen LogP contribution in [0.4, 0.5) is 0 Å². The zero-order chi connectivity index (χ0) is 10.7. The van der Waals surface area contributed by atoms with Crippen LogP contribution < -0.4 is 5.73 Å². The summed E-state index contributed by atoms with van der Waals surface area (Å²) >= 11 is 1.57. The van der Waals surface area contributed by atoms with Gasteiger partial charge < -0.3 is 5.73 Å². The lowest BCUT2D eigenvalue weighted by atomic mass is 10.0. The lowest BCUT2D eigenvalue weighted by molar-refractivity contribution is 0.0999. The number of amides is 1. The first-order valence-corrected chi connectivity index (χ1v) is 5.41.